The third-order valence-corrected chi connectivity index (χ3v) is 4.70. The molecule has 4 aromatic rings. The number of urea groups is 1. The summed E-state index contributed by atoms with van der Waals surface area (Å²) in [6.45, 7) is 0.334. The second-order valence-corrected chi connectivity index (χ2v) is 6.91. The van der Waals surface area contributed by atoms with Crippen molar-refractivity contribution in [3.05, 3.63) is 102 Å². The fourth-order valence-electron chi connectivity index (χ4n) is 3.19. The van der Waals surface area contributed by atoms with Crippen LogP contribution in [0.3, 0.4) is 0 Å². The molecule has 31 heavy (non-hydrogen) atoms. The Morgan fingerprint density at radius 3 is 2.16 bits per heavy atom. The summed E-state index contributed by atoms with van der Waals surface area (Å²) >= 11 is 0. The molecule has 0 bridgehead atoms. The lowest BCUT2D eigenvalue weighted by molar-refractivity contribution is 0.0951. The number of nitrogens with one attached hydrogen (secondary N) is 2. The van der Waals surface area contributed by atoms with E-state index < -0.39 is 6.03 Å². The van der Waals surface area contributed by atoms with E-state index in [9.17, 15) is 9.59 Å². The normalized spacial score (nSPS) is 10.5. The highest BCUT2D eigenvalue weighted by molar-refractivity contribution is 5.99. The van der Waals surface area contributed by atoms with E-state index in [1.165, 1.54) is 0 Å². The summed E-state index contributed by atoms with van der Waals surface area (Å²) < 4.78 is 1.71. The Morgan fingerprint density at radius 1 is 0.871 bits per heavy atom. The number of primary amides is 1. The van der Waals surface area contributed by atoms with E-state index >= 15 is 0 Å². The van der Waals surface area contributed by atoms with Gasteiger partial charge in [0.25, 0.3) is 5.91 Å². The first kappa shape index (κ1) is 19.9. The minimum absolute atomic E-state index is 0.222. The van der Waals surface area contributed by atoms with Gasteiger partial charge in [-0.1, -0.05) is 60.7 Å². The van der Waals surface area contributed by atoms with Gasteiger partial charge in [-0.3, -0.25) is 4.79 Å². The SMILES string of the molecule is NC(=O)Nc1ccc(CNC(=O)c2cn(-c3ccccc3)nc2-c2ccccc2)cc1. The molecule has 0 fully saturated rings. The summed E-state index contributed by atoms with van der Waals surface area (Å²) in [5.41, 5.74) is 9.44. The Balaban J connectivity index is 1.56. The minimum Gasteiger partial charge on any atom is -0.351 e. The molecular weight excluding hydrogens is 390 g/mol. The van der Waals surface area contributed by atoms with Crippen molar-refractivity contribution >= 4 is 17.6 Å². The van der Waals surface area contributed by atoms with Crippen LogP contribution in [-0.4, -0.2) is 21.7 Å². The van der Waals surface area contributed by atoms with Crippen LogP contribution >= 0.6 is 0 Å². The first-order valence-electron chi connectivity index (χ1n) is 9.74. The van der Waals surface area contributed by atoms with Crippen LogP contribution in [0.25, 0.3) is 16.9 Å². The van der Waals surface area contributed by atoms with Gasteiger partial charge in [0.15, 0.2) is 0 Å². The van der Waals surface area contributed by atoms with Crippen molar-refractivity contribution in [2.24, 2.45) is 5.73 Å². The Bertz CT molecular complexity index is 1190. The monoisotopic (exact) mass is 411 g/mol. The molecule has 1 aromatic heterocycles. The highest BCUT2D eigenvalue weighted by atomic mass is 16.2. The van der Waals surface area contributed by atoms with E-state index in [4.69, 9.17) is 5.73 Å². The fraction of sp³-hybridized carbons (Fsp3) is 0.0417. The molecule has 0 aliphatic carbocycles. The molecule has 0 atom stereocenters. The van der Waals surface area contributed by atoms with Crippen LogP contribution in [0.15, 0.2) is 91.1 Å². The summed E-state index contributed by atoms with van der Waals surface area (Å²) in [6.07, 6.45) is 1.74. The second-order valence-electron chi connectivity index (χ2n) is 6.91. The number of nitrogens with two attached hydrogens (primary N) is 1. The van der Waals surface area contributed by atoms with Crippen molar-refractivity contribution in [1.82, 2.24) is 15.1 Å². The maximum atomic E-state index is 13.0. The molecule has 154 valence electrons. The summed E-state index contributed by atoms with van der Waals surface area (Å²) in [6, 6.07) is 25.7. The number of aromatic nitrogens is 2. The van der Waals surface area contributed by atoms with E-state index in [1.54, 1.807) is 23.0 Å². The topological polar surface area (TPSA) is 102 Å². The van der Waals surface area contributed by atoms with E-state index in [0.29, 0.717) is 23.5 Å². The molecule has 0 spiro atoms. The van der Waals surface area contributed by atoms with Crippen molar-refractivity contribution in [3.8, 4) is 16.9 Å². The van der Waals surface area contributed by atoms with E-state index in [0.717, 1.165) is 16.8 Å². The van der Waals surface area contributed by atoms with E-state index in [-0.39, 0.29) is 5.91 Å². The number of hydrogen-bond donors (Lipinski definition) is 3. The molecule has 4 N–H and O–H groups in total. The van der Waals surface area contributed by atoms with Crippen molar-refractivity contribution in [3.63, 3.8) is 0 Å². The number of rotatable bonds is 6. The van der Waals surface area contributed by atoms with Gasteiger partial charge in [-0.2, -0.15) is 5.10 Å². The van der Waals surface area contributed by atoms with Gasteiger partial charge >= 0.3 is 6.03 Å². The van der Waals surface area contributed by atoms with Crippen LogP contribution in [-0.2, 0) is 6.54 Å². The Labute approximate surface area is 179 Å². The predicted molar refractivity (Wildman–Crippen MR) is 120 cm³/mol. The number of carbonyl (C=O) groups excluding carboxylic acids is 2. The van der Waals surface area contributed by atoms with Crippen molar-refractivity contribution in [2.75, 3.05) is 5.32 Å². The number of nitrogens with zero attached hydrogens (tertiary/aromatic N) is 2. The number of amides is 3. The van der Waals surface area contributed by atoms with Gasteiger partial charge in [0.1, 0.15) is 5.69 Å². The number of benzene rings is 3. The number of hydrogen-bond acceptors (Lipinski definition) is 3. The summed E-state index contributed by atoms with van der Waals surface area (Å²) in [5.74, 6) is -0.222. The van der Waals surface area contributed by atoms with Crippen LogP contribution in [0, 0.1) is 0 Å². The maximum absolute atomic E-state index is 13.0. The zero-order valence-electron chi connectivity index (χ0n) is 16.7. The van der Waals surface area contributed by atoms with Crippen LogP contribution in [0.4, 0.5) is 10.5 Å². The lowest BCUT2D eigenvalue weighted by atomic mass is 10.1. The van der Waals surface area contributed by atoms with Crippen LogP contribution in [0.2, 0.25) is 0 Å². The second kappa shape index (κ2) is 8.96. The average molecular weight is 411 g/mol. The van der Waals surface area contributed by atoms with E-state index in [1.807, 2.05) is 72.8 Å². The van der Waals surface area contributed by atoms with Crippen LogP contribution in [0.1, 0.15) is 15.9 Å². The first-order chi connectivity index (χ1) is 15.1. The Hall–Kier alpha value is -4.39. The highest BCUT2D eigenvalue weighted by Crippen LogP contribution is 2.23. The molecule has 0 saturated carbocycles. The molecule has 3 amide bonds. The molecule has 3 aromatic carbocycles. The number of anilines is 1. The third kappa shape index (κ3) is 4.79. The number of para-hydroxylation sites is 1. The van der Waals surface area contributed by atoms with Crippen LogP contribution < -0.4 is 16.4 Å². The Morgan fingerprint density at radius 2 is 1.52 bits per heavy atom. The van der Waals surface area contributed by atoms with Crippen molar-refractivity contribution in [1.29, 1.82) is 0 Å². The van der Waals surface area contributed by atoms with Gasteiger partial charge in [-0.25, -0.2) is 9.48 Å². The van der Waals surface area contributed by atoms with Gasteiger partial charge in [0.2, 0.25) is 0 Å². The summed E-state index contributed by atoms with van der Waals surface area (Å²) in [7, 11) is 0. The molecule has 7 nitrogen and oxygen atoms in total. The number of carbonyl (C=O) groups is 2. The molecule has 0 radical (unpaired) electrons. The molecule has 7 heteroatoms. The zero-order chi connectivity index (χ0) is 21.6. The maximum Gasteiger partial charge on any atom is 0.316 e. The predicted octanol–water partition coefficient (Wildman–Crippen LogP) is 3.96. The Kier molecular flexibility index (Phi) is 5.75. The molecule has 0 aliphatic rings. The molecule has 4 rings (SSSR count). The first-order valence-corrected chi connectivity index (χ1v) is 9.74. The lowest BCUT2D eigenvalue weighted by Gasteiger charge is -2.07. The van der Waals surface area contributed by atoms with Gasteiger partial charge in [-0.15, -0.1) is 0 Å². The van der Waals surface area contributed by atoms with Gasteiger partial charge < -0.3 is 16.4 Å². The molecule has 0 unspecified atom stereocenters. The quantitative estimate of drug-likeness (QED) is 0.447. The van der Waals surface area contributed by atoms with Gasteiger partial charge in [-0.05, 0) is 29.8 Å². The van der Waals surface area contributed by atoms with Crippen molar-refractivity contribution in [2.45, 2.75) is 6.54 Å². The van der Waals surface area contributed by atoms with E-state index in [2.05, 4.69) is 15.7 Å². The van der Waals surface area contributed by atoms with Crippen LogP contribution in [0.5, 0.6) is 0 Å². The molecule has 0 aliphatic heterocycles. The highest BCUT2D eigenvalue weighted by Gasteiger charge is 2.18. The molecule has 1 heterocycles. The van der Waals surface area contributed by atoms with Crippen molar-refractivity contribution < 1.29 is 9.59 Å². The third-order valence-electron chi connectivity index (χ3n) is 4.70. The smallest absolute Gasteiger partial charge is 0.316 e. The van der Waals surface area contributed by atoms with Gasteiger partial charge in [0.05, 0.1) is 11.3 Å². The summed E-state index contributed by atoms with van der Waals surface area (Å²) in [5, 5.41) is 10.1. The molecule has 0 saturated heterocycles. The standard InChI is InChI=1S/C24H21N5O2/c25-24(31)27-19-13-11-17(12-14-19)15-26-23(30)21-16-29(20-9-5-2-6-10-20)28-22(21)18-7-3-1-4-8-18/h1-14,16H,15H2,(H,26,30)(H3,25,27,31). The average Bonchev–Trinajstić information content (AvgIpc) is 3.25. The molecular formula is C24H21N5O2. The minimum atomic E-state index is -0.620. The summed E-state index contributed by atoms with van der Waals surface area (Å²) in [4.78, 5) is 24.0. The van der Waals surface area contributed by atoms with Gasteiger partial charge in [0, 0.05) is 24.0 Å². The largest absolute Gasteiger partial charge is 0.351 e. The lowest BCUT2D eigenvalue weighted by Crippen LogP contribution is -2.23. The fourth-order valence-corrected chi connectivity index (χ4v) is 3.19. The zero-order valence-corrected chi connectivity index (χ0v) is 16.7.